The molecule has 2 rings (SSSR count). The summed E-state index contributed by atoms with van der Waals surface area (Å²) in [5.41, 5.74) is 6.76. The molecule has 0 aliphatic carbocycles. The highest BCUT2D eigenvalue weighted by atomic mass is 79.9. The number of thiophene rings is 1. The molecule has 1 aromatic carbocycles. The fraction of sp³-hybridized carbons (Fsp3) is 0.167. The molecule has 1 unspecified atom stereocenters. The van der Waals surface area contributed by atoms with Gasteiger partial charge in [0, 0.05) is 21.6 Å². The molecule has 3 N–H and O–H groups in total. The summed E-state index contributed by atoms with van der Waals surface area (Å²) >= 11 is 11.1. The molecule has 1 heterocycles. The molecule has 2 nitrogen and oxygen atoms in total. The Labute approximate surface area is 118 Å². The SMILES string of the molecule is NCC(Nc1ccc(Br)c(Cl)c1)c1cccs1. The maximum absolute atomic E-state index is 6.05. The predicted octanol–water partition coefficient (Wildman–Crippen LogP) is 4.28. The molecule has 0 spiro atoms. The second kappa shape index (κ2) is 5.87. The minimum absolute atomic E-state index is 0.132. The van der Waals surface area contributed by atoms with Crippen molar-refractivity contribution in [3.05, 3.63) is 50.1 Å². The topological polar surface area (TPSA) is 38.0 Å². The lowest BCUT2D eigenvalue weighted by molar-refractivity contribution is 0.806. The Bertz CT molecular complexity index is 487. The first-order valence-electron chi connectivity index (χ1n) is 5.16. The molecule has 0 radical (unpaired) electrons. The largest absolute Gasteiger partial charge is 0.376 e. The lowest BCUT2D eigenvalue weighted by Gasteiger charge is -2.17. The number of halogens is 2. The van der Waals surface area contributed by atoms with E-state index in [4.69, 9.17) is 17.3 Å². The number of nitrogens with two attached hydrogens (primary N) is 1. The van der Waals surface area contributed by atoms with Gasteiger partial charge in [0.25, 0.3) is 0 Å². The van der Waals surface area contributed by atoms with Crippen LogP contribution in [0.2, 0.25) is 5.02 Å². The number of hydrogen-bond donors (Lipinski definition) is 2. The van der Waals surface area contributed by atoms with Crippen molar-refractivity contribution >= 4 is 44.6 Å². The van der Waals surface area contributed by atoms with Crippen molar-refractivity contribution in [3.63, 3.8) is 0 Å². The zero-order valence-electron chi connectivity index (χ0n) is 8.99. The van der Waals surface area contributed by atoms with E-state index in [1.54, 1.807) is 11.3 Å². The van der Waals surface area contributed by atoms with Crippen LogP contribution in [0.4, 0.5) is 5.69 Å². The molecular formula is C12H12BrClN2S. The molecule has 0 fully saturated rings. The van der Waals surface area contributed by atoms with E-state index in [1.807, 2.05) is 29.6 Å². The molecular weight excluding hydrogens is 320 g/mol. The van der Waals surface area contributed by atoms with Crippen LogP contribution in [0, 0.1) is 0 Å². The van der Waals surface area contributed by atoms with Crippen LogP contribution >= 0.6 is 38.9 Å². The molecule has 1 aromatic heterocycles. The van der Waals surface area contributed by atoms with Gasteiger partial charge in [0.05, 0.1) is 11.1 Å². The summed E-state index contributed by atoms with van der Waals surface area (Å²) in [4.78, 5) is 1.23. The van der Waals surface area contributed by atoms with Crippen molar-refractivity contribution in [1.82, 2.24) is 0 Å². The minimum atomic E-state index is 0.132. The first kappa shape index (κ1) is 12.9. The molecule has 0 saturated heterocycles. The van der Waals surface area contributed by atoms with Gasteiger partial charge >= 0.3 is 0 Å². The Hall–Kier alpha value is -0.550. The van der Waals surface area contributed by atoms with Crippen molar-refractivity contribution in [1.29, 1.82) is 0 Å². The van der Waals surface area contributed by atoms with E-state index in [9.17, 15) is 0 Å². The number of anilines is 1. The Kier molecular flexibility index (Phi) is 4.45. The minimum Gasteiger partial charge on any atom is -0.376 e. The highest BCUT2D eigenvalue weighted by molar-refractivity contribution is 9.10. The van der Waals surface area contributed by atoms with E-state index in [1.165, 1.54) is 4.88 Å². The first-order chi connectivity index (χ1) is 8.20. The van der Waals surface area contributed by atoms with Crippen LogP contribution in [0.3, 0.4) is 0 Å². The second-order valence-electron chi connectivity index (χ2n) is 3.58. The van der Waals surface area contributed by atoms with E-state index in [-0.39, 0.29) is 6.04 Å². The molecule has 0 saturated carbocycles. The third-order valence-electron chi connectivity index (χ3n) is 2.38. The Morgan fingerprint density at radius 2 is 2.24 bits per heavy atom. The van der Waals surface area contributed by atoms with Gasteiger partial charge in [0.1, 0.15) is 0 Å². The van der Waals surface area contributed by atoms with Gasteiger partial charge in [0.15, 0.2) is 0 Å². The molecule has 0 aliphatic rings. The molecule has 90 valence electrons. The highest BCUT2D eigenvalue weighted by Gasteiger charge is 2.10. The summed E-state index contributed by atoms with van der Waals surface area (Å²) in [6.45, 7) is 0.550. The molecule has 1 atom stereocenters. The van der Waals surface area contributed by atoms with Crippen molar-refractivity contribution in [2.75, 3.05) is 11.9 Å². The Morgan fingerprint density at radius 3 is 2.82 bits per heavy atom. The molecule has 0 amide bonds. The standard InChI is InChI=1S/C12H12BrClN2S/c13-9-4-3-8(6-10(9)14)16-11(7-15)12-2-1-5-17-12/h1-6,11,16H,7,15H2. The van der Waals surface area contributed by atoms with Crippen molar-refractivity contribution in [2.24, 2.45) is 5.73 Å². The van der Waals surface area contributed by atoms with Gasteiger partial charge < -0.3 is 11.1 Å². The zero-order chi connectivity index (χ0) is 12.3. The normalized spacial score (nSPS) is 12.4. The lowest BCUT2D eigenvalue weighted by Crippen LogP contribution is -2.19. The van der Waals surface area contributed by atoms with E-state index >= 15 is 0 Å². The average molecular weight is 332 g/mol. The van der Waals surface area contributed by atoms with E-state index in [0.29, 0.717) is 11.6 Å². The van der Waals surface area contributed by atoms with E-state index < -0.39 is 0 Å². The summed E-state index contributed by atoms with van der Waals surface area (Å²) in [6.07, 6.45) is 0. The van der Waals surface area contributed by atoms with E-state index in [2.05, 4.69) is 27.3 Å². The molecule has 17 heavy (non-hydrogen) atoms. The number of nitrogens with one attached hydrogen (secondary N) is 1. The zero-order valence-corrected chi connectivity index (χ0v) is 12.1. The van der Waals surface area contributed by atoms with Gasteiger partial charge in [-0.3, -0.25) is 0 Å². The van der Waals surface area contributed by atoms with Crippen molar-refractivity contribution in [2.45, 2.75) is 6.04 Å². The van der Waals surface area contributed by atoms with E-state index in [0.717, 1.165) is 10.2 Å². The summed E-state index contributed by atoms with van der Waals surface area (Å²) < 4.78 is 0.894. The number of rotatable bonds is 4. The third-order valence-corrected chi connectivity index (χ3v) is 4.60. The molecule has 2 aromatic rings. The Morgan fingerprint density at radius 1 is 1.41 bits per heavy atom. The van der Waals surface area contributed by atoms with Gasteiger partial charge in [-0.25, -0.2) is 0 Å². The molecule has 0 bridgehead atoms. The predicted molar refractivity (Wildman–Crippen MR) is 78.9 cm³/mol. The van der Waals surface area contributed by atoms with Crippen LogP contribution in [0.15, 0.2) is 40.2 Å². The first-order valence-corrected chi connectivity index (χ1v) is 7.21. The van der Waals surface area contributed by atoms with Crippen LogP contribution in [0.1, 0.15) is 10.9 Å². The van der Waals surface area contributed by atoms with Crippen LogP contribution < -0.4 is 11.1 Å². The van der Waals surface area contributed by atoms with Gasteiger partial charge in [0.2, 0.25) is 0 Å². The fourth-order valence-corrected chi connectivity index (χ4v) is 2.74. The van der Waals surface area contributed by atoms with Gasteiger partial charge in [-0.1, -0.05) is 17.7 Å². The Balaban J connectivity index is 2.16. The molecule has 5 heteroatoms. The van der Waals surface area contributed by atoms with Crippen LogP contribution in [-0.4, -0.2) is 6.54 Å². The third kappa shape index (κ3) is 3.22. The summed E-state index contributed by atoms with van der Waals surface area (Å²) in [5.74, 6) is 0. The number of hydrogen-bond acceptors (Lipinski definition) is 3. The van der Waals surface area contributed by atoms with Crippen LogP contribution in [0.5, 0.6) is 0 Å². The lowest BCUT2D eigenvalue weighted by atomic mass is 10.2. The quantitative estimate of drug-likeness (QED) is 0.877. The summed E-state index contributed by atoms with van der Waals surface area (Å²) in [6, 6.07) is 10.0. The van der Waals surface area contributed by atoms with Gasteiger partial charge in [-0.15, -0.1) is 11.3 Å². The smallest absolute Gasteiger partial charge is 0.0728 e. The van der Waals surface area contributed by atoms with Gasteiger partial charge in [-0.05, 0) is 45.6 Å². The van der Waals surface area contributed by atoms with Crippen LogP contribution in [0.25, 0.3) is 0 Å². The van der Waals surface area contributed by atoms with Gasteiger partial charge in [-0.2, -0.15) is 0 Å². The summed E-state index contributed by atoms with van der Waals surface area (Å²) in [7, 11) is 0. The number of benzene rings is 1. The summed E-state index contributed by atoms with van der Waals surface area (Å²) in [5, 5.41) is 6.12. The average Bonchev–Trinajstić information content (AvgIpc) is 2.84. The van der Waals surface area contributed by atoms with Crippen molar-refractivity contribution in [3.8, 4) is 0 Å². The second-order valence-corrected chi connectivity index (χ2v) is 5.82. The maximum Gasteiger partial charge on any atom is 0.0728 e. The van der Waals surface area contributed by atoms with Crippen molar-refractivity contribution < 1.29 is 0 Å². The fourth-order valence-electron chi connectivity index (χ4n) is 1.52. The molecule has 0 aliphatic heterocycles. The van der Waals surface area contributed by atoms with Crippen LogP contribution in [-0.2, 0) is 0 Å². The maximum atomic E-state index is 6.05. The highest BCUT2D eigenvalue weighted by Crippen LogP contribution is 2.28. The monoisotopic (exact) mass is 330 g/mol.